The van der Waals surface area contributed by atoms with E-state index in [1.807, 2.05) is 31.2 Å². The molecule has 0 saturated heterocycles. The molecule has 0 aliphatic carbocycles. The minimum atomic E-state index is -0.506. The molecule has 0 fully saturated rings. The average molecular weight is 434 g/mol. The highest BCUT2D eigenvalue weighted by molar-refractivity contribution is 8.04. The molecule has 0 unspecified atom stereocenters. The molecular formula is C24H19FN2O3S. The summed E-state index contributed by atoms with van der Waals surface area (Å²) in [5.74, 6) is -0.799. The molecule has 156 valence electrons. The Morgan fingerprint density at radius 1 is 0.935 bits per heavy atom. The lowest BCUT2D eigenvalue weighted by atomic mass is 10.2. The SMILES string of the molecule is COc1cccc(NC2=C(Sc3ccc(C)cc3)C(=O)N(c3ccc(F)cc3)C2=O)c1. The van der Waals surface area contributed by atoms with Crippen molar-refractivity contribution in [1.82, 2.24) is 0 Å². The van der Waals surface area contributed by atoms with Crippen molar-refractivity contribution in [3.8, 4) is 5.75 Å². The Bertz CT molecular complexity index is 1170. The van der Waals surface area contributed by atoms with E-state index in [9.17, 15) is 14.0 Å². The van der Waals surface area contributed by atoms with Gasteiger partial charge in [0.2, 0.25) is 0 Å². The molecule has 2 amide bonds. The largest absolute Gasteiger partial charge is 0.497 e. The summed E-state index contributed by atoms with van der Waals surface area (Å²) in [4.78, 5) is 28.7. The van der Waals surface area contributed by atoms with E-state index in [0.717, 1.165) is 15.4 Å². The van der Waals surface area contributed by atoms with E-state index >= 15 is 0 Å². The summed E-state index contributed by atoms with van der Waals surface area (Å²) in [6, 6.07) is 20.0. The van der Waals surface area contributed by atoms with Crippen LogP contribution in [0.3, 0.4) is 0 Å². The number of imide groups is 1. The fourth-order valence-corrected chi connectivity index (χ4v) is 4.04. The lowest BCUT2D eigenvalue weighted by molar-refractivity contribution is -0.120. The van der Waals surface area contributed by atoms with Gasteiger partial charge in [-0.1, -0.05) is 35.5 Å². The minimum Gasteiger partial charge on any atom is -0.497 e. The third kappa shape index (κ3) is 4.32. The van der Waals surface area contributed by atoms with E-state index in [1.54, 1.807) is 31.4 Å². The van der Waals surface area contributed by atoms with Gasteiger partial charge < -0.3 is 10.1 Å². The molecule has 0 atom stereocenters. The number of carbonyl (C=O) groups is 2. The van der Waals surface area contributed by atoms with Gasteiger partial charge in [0, 0.05) is 16.6 Å². The van der Waals surface area contributed by atoms with E-state index in [2.05, 4.69) is 5.32 Å². The fraction of sp³-hybridized carbons (Fsp3) is 0.0833. The number of carbonyl (C=O) groups excluding carboxylic acids is 2. The summed E-state index contributed by atoms with van der Waals surface area (Å²) in [5, 5.41) is 3.08. The van der Waals surface area contributed by atoms with E-state index in [1.165, 1.54) is 36.0 Å². The lowest BCUT2D eigenvalue weighted by Crippen LogP contribution is -2.32. The Balaban J connectivity index is 1.74. The maximum Gasteiger partial charge on any atom is 0.283 e. The Morgan fingerprint density at radius 2 is 1.65 bits per heavy atom. The summed E-state index contributed by atoms with van der Waals surface area (Å²) in [7, 11) is 1.55. The number of methoxy groups -OCH3 is 1. The molecule has 1 aliphatic heterocycles. The number of anilines is 2. The summed E-state index contributed by atoms with van der Waals surface area (Å²) in [6.45, 7) is 1.98. The average Bonchev–Trinajstić information content (AvgIpc) is 3.00. The maximum absolute atomic E-state index is 13.4. The van der Waals surface area contributed by atoms with Crippen LogP contribution in [0.25, 0.3) is 0 Å². The number of halogens is 1. The highest BCUT2D eigenvalue weighted by Gasteiger charge is 2.40. The van der Waals surface area contributed by atoms with Crippen LogP contribution in [0.4, 0.5) is 15.8 Å². The number of nitrogens with one attached hydrogen (secondary N) is 1. The molecule has 0 saturated carbocycles. The first-order valence-electron chi connectivity index (χ1n) is 9.50. The van der Waals surface area contributed by atoms with Crippen LogP contribution in [-0.2, 0) is 9.59 Å². The van der Waals surface area contributed by atoms with Gasteiger partial charge in [-0.3, -0.25) is 9.59 Å². The smallest absolute Gasteiger partial charge is 0.283 e. The zero-order chi connectivity index (χ0) is 22.0. The molecule has 5 nitrogen and oxygen atoms in total. The van der Waals surface area contributed by atoms with Crippen LogP contribution in [0.1, 0.15) is 5.56 Å². The van der Waals surface area contributed by atoms with Crippen molar-refractivity contribution in [3.05, 3.63) is 94.8 Å². The van der Waals surface area contributed by atoms with Crippen LogP contribution in [0.2, 0.25) is 0 Å². The number of thioether (sulfide) groups is 1. The van der Waals surface area contributed by atoms with Crippen LogP contribution in [0.15, 0.2) is 88.3 Å². The Kier molecular flexibility index (Phi) is 5.77. The normalized spacial score (nSPS) is 13.7. The standard InChI is InChI=1S/C24H19FN2O3S/c1-15-6-12-20(13-7-15)31-22-21(26-17-4-3-5-19(14-17)30-2)23(28)27(24(22)29)18-10-8-16(25)9-11-18/h3-14,26H,1-2H3. The minimum absolute atomic E-state index is 0.160. The van der Waals surface area contributed by atoms with Gasteiger partial charge in [0.1, 0.15) is 22.2 Å². The first kappa shape index (κ1) is 20.7. The quantitative estimate of drug-likeness (QED) is 0.545. The number of aryl methyl sites for hydroxylation is 1. The molecule has 0 bridgehead atoms. The number of hydrogen-bond acceptors (Lipinski definition) is 5. The van der Waals surface area contributed by atoms with Gasteiger partial charge in [-0.15, -0.1) is 0 Å². The predicted octanol–water partition coefficient (Wildman–Crippen LogP) is 5.13. The number of benzene rings is 3. The maximum atomic E-state index is 13.4. The number of nitrogens with zero attached hydrogens (tertiary/aromatic N) is 1. The molecule has 3 aromatic rings. The first-order chi connectivity index (χ1) is 15.0. The van der Waals surface area contributed by atoms with Gasteiger partial charge in [-0.2, -0.15) is 0 Å². The van der Waals surface area contributed by atoms with Crippen molar-refractivity contribution in [2.24, 2.45) is 0 Å². The molecule has 1 heterocycles. The van der Waals surface area contributed by atoms with Crippen LogP contribution >= 0.6 is 11.8 Å². The van der Waals surface area contributed by atoms with Crippen molar-refractivity contribution in [2.75, 3.05) is 17.3 Å². The van der Waals surface area contributed by atoms with Crippen molar-refractivity contribution in [1.29, 1.82) is 0 Å². The third-order valence-electron chi connectivity index (χ3n) is 4.71. The van der Waals surface area contributed by atoms with Gasteiger partial charge in [-0.05, 0) is 55.5 Å². The molecule has 1 N–H and O–H groups in total. The van der Waals surface area contributed by atoms with Crippen molar-refractivity contribution in [3.63, 3.8) is 0 Å². The molecule has 3 aromatic carbocycles. The van der Waals surface area contributed by atoms with Crippen molar-refractivity contribution in [2.45, 2.75) is 11.8 Å². The molecule has 7 heteroatoms. The fourth-order valence-electron chi connectivity index (χ4n) is 3.11. The molecule has 0 radical (unpaired) electrons. The van der Waals surface area contributed by atoms with Gasteiger partial charge in [0.05, 0.1) is 12.8 Å². The predicted molar refractivity (Wildman–Crippen MR) is 120 cm³/mol. The molecular weight excluding hydrogens is 415 g/mol. The zero-order valence-corrected chi connectivity index (χ0v) is 17.7. The highest BCUT2D eigenvalue weighted by Crippen LogP contribution is 2.38. The number of rotatable bonds is 6. The Labute approximate surface area is 183 Å². The van der Waals surface area contributed by atoms with E-state index in [4.69, 9.17) is 4.74 Å². The van der Waals surface area contributed by atoms with Gasteiger partial charge in [0.25, 0.3) is 11.8 Å². The van der Waals surface area contributed by atoms with Crippen LogP contribution in [0, 0.1) is 12.7 Å². The van der Waals surface area contributed by atoms with Gasteiger partial charge in [0.15, 0.2) is 0 Å². The molecule has 0 aromatic heterocycles. The first-order valence-corrected chi connectivity index (χ1v) is 10.3. The van der Waals surface area contributed by atoms with E-state index < -0.39 is 17.6 Å². The number of hydrogen-bond donors (Lipinski definition) is 1. The Morgan fingerprint density at radius 3 is 2.32 bits per heavy atom. The van der Waals surface area contributed by atoms with Crippen molar-refractivity contribution < 1.29 is 18.7 Å². The summed E-state index contributed by atoms with van der Waals surface area (Å²) in [5.41, 5.74) is 2.17. The molecule has 4 rings (SSSR count). The number of ether oxygens (including phenoxy) is 1. The van der Waals surface area contributed by atoms with Crippen LogP contribution < -0.4 is 15.0 Å². The second-order valence-electron chi connectivity index (χ2n) is 6.90. The third-order valence-corrected chi connectivity index (χ3v) is 5.80. The second kappa shape index (κ2) is 8.65. The van der Waals surface area contributed by atoms with E-state index in [-0.39, 0.29) is 10.6 Å². The topological polar surface area (TPSA) is 58.6 Å². The zero-order valence-electron chi connectivity index (χ0n) is 16.9. The number of amides is 2. The van der Waals surface area contributed by atoms with Crippen molar-refractivity contribution >= 4 is 35.0 Å². The summed E-state index contributed by atoms with van der Waals surface area (Å²) >= 11 is 1.21. The molecule has 31 heavy (non-hydrogen) atoms. The second-order valence-corrected chi connectivity index (χ2v) is 7.98. The van der Waals surface area contributed by atoms with Gasteiger partial charge in [-0.25, -0.2) is 9.29 Å². The Hall–Kier alpha value is -3.58. The van der Waals surface area contributed by atoms with Crippen LogP contribution in [-0.4, -0.2) is 18.9 Å². The van der Waals surface area contributed by atoms with Gasteiger partial charge >= 0.3 is 0 Å². The lowest BCUT2D eigenvalue weighted by Gasteiger charge is -2.15. The molecule has 1 aliphatic rings. The highest BCUT2D eigenvalue weighted by atomic mass is 32.2. The monoisotopic (exact) mass is 434 g/mol. The summed E-state index contributed by atoms with van der Waals surface area (Å²) in [6.07, 6.45) is 0. The van der Waals surface area contributed by atoms with E-state index in [0.29, 0.717) is 17.1 Å². The molecule has 0 spiro atoms. The van der Waals surface area contributed by atoms with Crippen LogP contribution in [0.5, 0.6) is 5.75 Å². The summed E-state index contributed by atoms with van der Waals surface area (Å²) < 4.78 is 18.6.